The number of nitrogens with two attached hydrogens (primary N) is 1. The highest BCUT2D eigenvalue weighted by Crippen LogP contribution is 2.35. The Kier molecular flexibility index (Phi) is 4.45. The number of hydrogen-bond donors (Lipinski definition) is 1. The number of ether oxygens (including phenoxy) is 2. The van der Waals surface area contributed by atoms with Crippen molar-refractivity contribution < 1.29 is 9.47 Å². The van der Waals surface area contributed by atoms with Crippen molar-refractivity contribution in [3.05, 3.63) is 52.5 Å². The molecule has 0 saturated heterocycles. The van der Waals surface area contributed by atoms with E-state index in [1.807, 2.05) is 49.4 Å². The van der Waals surface area contributed by atoms with E-state index in [4.69, 9.17) is 15.2 Å². The molecule has 2 N–H and O–H groups in total. The zero-order valence-corrected chi connectivity index (χ0v) is 12.5. The van der Waals surface area contributed by atoms with Gasteiger partial charge in [0.15, 0.2) is 0 Å². The molecule has 100 valence electrons. The molecule has 19 heavy (non-hydrogen) atoms. The summed E-state index contributed by atoms with van der Waals surface area (Å²) in [6.07, 6.45) is 0. The van der Waals surface area contributed by atoms with E-state index in [0.29, 0.717) is 5.75 Å². The summed E-state index contributed by atoms with van der Waals surface area (Å²) >= 11 is 3.42. The Hall–Kier alpha value is -1.52. The molecule has 0 radical (unpaired) electrons. The molecular weight excluding hydrogens is 306 g/mol. The smallest absolute Gasteiger partial charge is 0.135 e. The maximum Gasteiger partial charge on any atom is 0.135 e. The van der Waals surface area contributed by atoms with Crippen LogP contribution in [0.4, 0.5) is 0 Å². The lowest BCUT2D eigenvalue weighted by atomic mass is 10.1. The van der Waals surface area contributed by atoms with Crippen LogP contribution in [0.2, 0.25) is 0 Å². The van der Waals surface area contributed by atoms with Crippen LogP contribution < -0.4 is 15.2 Å². The number of benzene rings is 2. The predicted molar refractivity (Wildman–Crippen MR) is 79.8 cm³/mol. The van der Waals surface area contributed by atoms with Gasteiger partial charge in [-0.25, -0.2) is 0 Å². The highest BCUT2D eigenvalue weighted by atomic mass is 79.9. The molecule has 0 bridgehead atoms. The lowest BCUT2D eigenvalue weighted by Crippen LogP contribution is -2.08. The van der Waals surface area contributed by atoms with Crippen molar-refractivity contribution in [1.29, 1.82) is 0 Å². The molecule has 3 nitrogen and oxygen atoms in total. The van der Waals surface area contributed by atoms with Crippen LogP contribution in [0.5, 0.6) is 17.2 Å². The van der Waals surface area contributed by atoms with Crippen molar-refractivity contribution in [2.24, 2.45) is 5.73 Å². The second-order valence-electron chi connectivity index (χ2n) is 4.22. The van der Waals surface area contributed by atoms with Crippen molar-refractivity contribution in [3.63, 3.8) is 0 Å². The number of rotatable bonds is 4. The van der Waals surface area contributed by atoms with Crippen LogP contribution in [0.25, 0.3) is 0 Å². The largest absolute Gasteiger partial charge is 0.496 e. The first-order valence-corrected chi connectivity index (χ1v) is 6.77. The summed E-state index contributed by atoms with van der Waals surface area (Å²) < 4.78 is 12.2. The monoisotopic (exact) mass is 321 g/mol. The van der Waals surface area contributed by atoms with Crippen LogP contribution >= 0.6 is 15.9 Å². The van der Waals surface area contributed by atoms with Gasteiger partial charge in [0.05, 0.1) is 12.7 Å². The Labute approximate surface area is 121 Å². The molecule has 0 aliphatic heterocycles. The predicted octanol–water partition coefficient (Wildman–Crippen LogP) is 4.27. The molecule has 0 unspecified atom stereocenters. The van der Waals surface area contributed by atoms with E-state index in [1.54, 1.807) is 7.11 Å². The van der Waals surface area contributed by atoms with Gasteiger partial charge < -0.3 is 15.2 Å². The number of methoxy groups -OCH3 is 1. The van der Waals surface area contributed by atoms with Crippen LogP contribution in [-0.4, -0.2) is 7.11 Å². The molecule has 0 aromatic heterocycles. The first-order valence-electron chi connectivity index (χ1n) is 5.97. The van der Waals surface area contributed by atoms with Crippen molar-refractivity contribution in [3.8, 4) is 17.2 Å². The number of hydrogen-bond acceptors (Lipinski definition) is 3. The molecule has 2 aromatic rings. The molecule has 0 amide bonds. The Morgan fingerprint density at radius 1 is 1.11 bits per heavy atom. The average Bonchev–Trinajstić information content (AvgIpc) is 2.38. The zero-order valence-electron chi connectivity index (χ0n) is 10.9. The van der Waals surface area contributed by atoms with Gasteiger partial charge in [-0.05, 0) is 37.3 Å². The fourth-order valence-electron chi connectivity index (χ4n) is 1.90. The maximum absolute atomic E-state index is 6.01. The third-order valence-corrected chi connectivity index (χ3v) is 3.22. The molecule has 0 spiro atoms. The van der Waals surface area contributed by atoms with Gasteiger partial charge in [0.2, 0.25) is 0 Å². The first kappa shape index (κ1) is 13.9. The van der Waals surface area contributed by atoms with E-state index in [9.17, 15) is 0 Å². The van der Waals surface area contributed by atoms with E-state index in [0.717, 1.165) is 21.5 Å². The van der Waals surface area contributed by atoms with Crippen LogP contribution in [0, 0.1) is 0 Å². The molecule has 2 aromatic carbocycles. The van der Waals surface area contributed by atoms with E-state index in [2.05, 4.69) is 15.9 Å². The third kappa shape index (κ3) is 3.28. The van der Waals surface area contributed by atoms with Gasteiger partial charge in [0, 0.05) is 10.5 Å². The van der Waals surface area contributed by atoms with Crippen molar-refractivity contribution >= 4 is 15.9 Å². The summed E-state index contributed by atoms with van der Waals surface area (Å²) in [5.41, 5.74) is 6.87. The Morgan fingerprint density at radius 2 is 1.79 bits per heavy atom. The highest BCUT2D eigenvalue weighted by Gasteiger charge is 2.14. The minimum Gasteiger partial charge on any atom is -0.496 e. The van der Waals surface area contributed by atoms with Gasteiger partial charge in [-0.3, -0.25) is 0 Å². The second-order valence-corrected chi connectivity index (χ2v) is 5.14. The summed E-state index contributed by atoms with van der Waals surface area (Å²) in [5, 5.41) is 0. The summed E-state index contributed by atoms with van der Waals surface area (Å²) in [4.78, 5) is 0. The third-order valence-electron chi connectivity index (χ3n) is 2.73. The lowest BCUT2D eigenvalue weighted by molar-refractivity contribution is 0.397. The fraction of sp³-hybridized carbons (Fsp3) is 0.200. The summed E-state index contributed by atoms with van der Waals surface area (Å²) in [6.45, 7) is 1.91. The molecule has 4 heteroatoms. The maximum atomic E-state index is 6.01. The van der Waals surface area contributed by atoms with E-state index in [1.165, 1.54) is 0 Å². The summed E-state index contributed by atoms with van der Waals surface area (Å²) in [7, 11) is 1.63. The Bertz CT molecular complexity index is 570. The van der Waals surface area contributed by atoms with E-state index >= 15 is 0 Å². The average molecular weight is 322 g/mol. The van der Waals surface area contributed by atoms with Crippen LogP contribution in [0.1, 0.15) is 18.5 Å². The fourth-order valence-corrected chi connectivity index (χ4v) is 2.28. The molecule has 0 aliphatic rings. The molecule has 0 heterocycles. The molecular formula is C15H16BrNO2. The zero-order chi connectivity index (χ0) is 13.8. The Morgan fingerprint density at radius 3 is 2.42 bits per heavy atom. The minimum atomic E-state index is -0.168. The quantitative estimate of drug-likeness (QED) is 0.914. The second kappa shape index (κ2) is 6.08. The minimum absolute atomic E-state index is 0.168. The van der Waals surface area contributed by atoms with E-state index < -0.39 is 0 Å². The van der Waals surface area contributed by atoms with Gasteiger partial charge in [-0.1, -0.05) is 28.1 Å². The van der Waals surface area contributed by atoms with Gasteiger partial charge >= 0.3 is 0 Å². The summed E-state index contributed by atoms with van der Waals surface area (Å²) in [6, 6.07) is 13.2. The summed E-state index contributed by atoms with van der Waals surface area (Å²) in [5.74, 6) is 2.21. The van der Waals surface area contributed by atoms with Gasteiger partial charge in [0.1, 0.15) is 17.2 Å². The van der Waals surface area contributed by atoms with Gasteiger partial charge in [-0.2, -0.15) is 0 Å². The van der Waals surface area contributed by atoms with Gasteiger partial charge in [0.25, 0.3) is 0 Å². The molecule has 1 atom stereocenters. The van der Waals surface area contributed by atoms with Crippen molar-refractivity contribution in [1.82, 2.24) is 0 Å². The molecule has 2 rings (SSSR count). The van der Waals surface area contributed by atoms with Crippen LogP contribution in [-0.2, 0) is 0 Å². The van der Waals surface area contributed by atoms with Crippen molar-refractivity contribution in [2.45, 2.75) is 13.0 Å². The van der Waals surface area contributed by atoms with Crippen LogP contribution in [0.15, 0.2) is 46.9 Å². The van der Waals surface area contributed by atoms with Crippen LogP contribution in [0.3, 0.4) is 0 Å². The molecule has 0 aliphatic carbocycles. The SMILES string of the molecule is COc1cccc(Oc2cccc(Br)c2)c1[C@H](C)N. The first-order chi connectivity index (χ1) is 9.11. The standard InChI is InChI=1S/C15H16BrNO2/c1-10(17)15-13(18-2)7-4-8-14(15)19-12-6-3-5-11(16)9-12/h3-10H,17H2,1-2H3/t10-/m0/s1. The normalized spacial score (nSPS) is 12.0. The van der Waals surface area contributed by atoms with Crippen molar-refractivity contribution in [2.75, 3.05) is 7.11 Å². The lowest BCUT2D eigenvalue weighted by Gasteiger charge is -2.17. The van der Waals surface area contributed by atoms with Gasteiger partial charge in [-0.15, -0.1) is 0 Å². The number of halogens is 1. The Balaban J connectivity index is 2.39. The topological polar surface area (TPSA) is 44.5 Å². The molecule has 0 saturated carbocycles. The highest BCUT2D eigenvalue weighted by molar-refractivity contribution is 9.10. The van der Waals surface area contributed by atoms with E-state index in [-0.39, 0.29) is 6.04 Å². The molecule has 0 fully saturated rings.